The van der Waals surface area contributed by atoms with Gasteiger partial charge in [-0.05, 0) is 25.0 Å². The van der Waals surface area contributed by atoms with E-state index in [-0.39, 0.29) is 12.3 Å². The summed E-state index contributed by atoms with van der Waals surface area (Å²) in [5, 5.41) is 11.9. The fourth-order valence-corrected chi connectivity index (χ4v) is 1.46. The lowest BCUT2D eigenvalue weighted by Crippen LogP contribution is -2.38. The van der Waals surface area contributed by atoms with Crippen LogP contribution in [0.1, 0.15) is 12.8 Å². The first kappa shape index (κ1) is 12.8. The molecule has 0 spiro atoms. The van der Waals surface area contributed by atoms with Crippen LogP contribution in [0.3, 0.4) is 0 Å². The van der Waals surface area contributed by atoms with Crippen LogP contribution in [0.2, 0.25) is 0 Å². The Hall–Kier alpha value is -1.69. The largest absolute Gasteiger partial charge is 0.478 e. The lowest BCUT2D eigenvalue weighted by atomic mass is 10.3. The summed E-state index contributed by atoms with van der Waals surface area (Å²) in [6.07, 6.45) is 0.833. The minimum Gasteiger partial charge on any atom is -0.478 e. The van der Waals surface area contributed by atoms with Crippen molar-refractivity contribution in [1.82, 2.24) is 5.32 Å². The third-order valence-electron chi connectivity index (χ3n) is 2.61. The number of aliphatic carboxylic acids is 1. The van der Waals surface area contributed by atoms with Gasteiger partial charge in [-0.25, -0.2) is 13.6 Å². The number of rotatable bonds is 6. The third-order valence-corrected chi connectivity index (χ3v) is 2.61. The van der Waals surface area contributed by atoms with Crippen molar-refractivity contribution in [2.24, 2.45) is 0 Å². The average molecular weight is 257 g/mol. The van der Waals surface area contributed by atoms with Crippen molar-refractivity contribution in [1.29, 1.82) is 0 Å². The Bertz CT molecular complexity index is 449. The molecule has 2 N–H and O–H groups in total. The van der Waals surface area contributed by atoms with E-state index in [1.165, 1.54) is 0 Å². The first-order valence-corrected chi connectivity index (χ1v) is 5.64. The molecule has 1 fully saturated rings. The maximum Gasteiger partial charge on any atom is 0.346 e. The highest BCUT2D eigenvalue weighted by Gasteiger charge is 2.26. The summed E-state index contributed by atoms with van der Waals surface area (Å²) in [5.74, 6) is -3.09. The minimum atomic E-state index is -1.19. The second-order valence-corrected chi connectivity index (χ2v) is 4.20. The highest BCUT2D eigenvalue weighted by atomic mass is 19.1. The summed E-state index contributed by atoms with van der Waals surface area (Å²) < 4.78 is 31.0. The SMILES string of the molecule is O=C(O)C(CNC1CC1)Oc1ccc(F)cc1F. The van der Waals surface area contributed by atoms with E-state index in [1.54, 1.807) is 0 Å². The van der Waals surface area contributed by atoms with Crippen LogP contribution in [0.4, 0.5) is 8.78 Å². The standard InChI is InChI=1S/C12H13F2NO3/c13-7-1-4-10(9(14)5-7)18-11(12(16)17)6-15-8-2-3-8/h1,4-5,8,11,15H,2-3,6H2,(H,16,17). The number of carboxylic acids is 1. The van der Waals surface area contributed by atoms with Gasteiger partial charge in [0.25, 0.3) is 0 Å². The first-order valence-electron chi connectivity index (χ1n) is 5.64. The Balaban J connectivity index is 1.99. The third kappa shape index (κ3) is 3.40. The van der Waals surface area contributed by atoms with Gasteiger partial charge in [-0.1, -0.05) is 0 Å². The quantitative estimate of drug-likeness (QED) is 0.811. The fourth-order valence-electron chi connectivity index (χ4n) is 1.46. The van der Waals surface area contributed by atoms with Gasteiger partial charge in [-0.3, -0.25) is 0 Å². The molecule has 0 bridgehead atoms. The monoisotopic (exact) mass is 257 g/mol. The molecule has 98 valence electrons. The minimum absolute atomic E-state index is 0.0941. The van der Waals surface area contributed by atoms with Crippen molar-refractivity contribution in [3.05, 3.63) is 29.8 Å². The zero-order valence-corrected chi connectivity index (χ0v) is 9.53. The van der Waals surface area contributed by atoms with Crippen LogP contribution < -0.4 is 10.1 Å². The number of hydrogen-bond donors (Lipinski definition) is 2. The van der Waals surface area contributed by atoms with Crippen molar-refractivity contribution in [3.8, 4) is 5.75 Å². The predicted octanol–water partition coefficient (Wildman–Crippen LogP) is 1.55. The molecule has 0 saturated heterocycles. The normalized spacial score (nSPS) is 16.3. The van der Waals surface area contributed by atoms with Gasteiger partial charge in [0.15, 0.2) is 11.6 Å². The van der Waals surface area contributed by atoms with Gasteiger partial charge in [0.05, 0.1) is 0 Å². The van der Waals surface area contributed by atoms with E-state index in [9.17, 15) is 13.6 Å². The highest BCUT2D eigenvalue weighted by Crippen LogP contribution is 2.21. The van der Waals surface area contributed by atoms with E-state index in [1.807, 2.05) is 0 Å². The zero-order chi connectivity index (χ0) is 13.1. The average Bonchev–Trinajstić information content (AvgIpc) is 3.10. The van der Waals surface area contributed by atoms with E-state index in [2.05, 4.69) is 5.32 Å². The van der Waals surface area contributed by atoms with Gasteiger partial charge in [0.1, 0.15) is 5.82 Å². The molecule has 0 aliphatic heterocycles. The van der Waals surface area contributed by atoms with E-state index >= 15 is 0 Å². The molecule has 1 aliphatic carbocycles. The number of ether oxygens (including phenoxy) is 1. The second kappa shape index (κ2) is 5.30. The topological polar surface area (TPSA) is 58.6 Å². The first-order chi connectivity index (χ1) is 8.56. The Labute approximate surface area is 103 Å². The zero-order valence-electron chi connectivity index (χ0n) is 9.53. The van der Waals surface area contributed by atoms with E-state index in [0.717, 1.165) is 25.0 Å². The van der Waals surface area contributed by atoms with Crippen molar-refractivity contribution in [2.75, 3.05) is 6.54 Å². The van der Waals surface area contributed by atoms with Crippen LogP contribution in [-0.2, 0) is 4.79 Å². The van der Waals surface area contributed by atoms with E-state index in [4.69, 9.17) is 9.84 Å². The number of benzene rings is 1. The summed E-state index contributed by atoms with van der Waals surface area (Å²) >= 11 is 0. The Morgan fingerprint density at radius 1 is 1.50 bits per heavy atom. The summed E-state index contributed by atoms with van der Waals surface area (Å²) in [6, 6.07) is 3.08. The van der Waals surface area contributed by atoms with E-state index in [0.29, 0.717) is 12.1 Å². The summed E-state index contributed by atoms with van der Waals surface area (Å²) in [6.45, 7) is 0.0941. The molecule has 1 aliphatic rings. The van der Waals surface area contributed by atoms with Crippen LogP contribution in [0.5, 0.6) is 5.75 Å². The number of hydrogen-bond acceptors (Lipinski definition) is 3. The molecule has 1 aromatic rings. The van der Waals surface area contributed by atoms with Gasteiger partial charge in [-0.2, -0.15) is 0 Å². The van der Waals surface area contributed by atoms with Crippen molar-refractivity contribution in [2.45, 2.75) is 25.0 Å². The smallest absolute Gasteiger partial charge is 0.346 e. The molecule has 2 rings (SSSR count). The summed E-state index contributed by atoms with van der Waals surface area (Å²) in [4.78, 5) is 11.0. The number of carboxylic acid groups (broad SMARTS) is 1. The second-order valence-electron chi connectivity index (χ2n) is 4.20. The van der Waals surface area contributed by atoms with Crippen LogP contribution in [0.25, 0.3) is 0 Å². The molecule has 0 aromatic heterocycles. The molecule has 1 saturated carbocycles. The molecular formula is C12H13F2NO3. The van der Waals surface area contributed by atoms with E-state index < -0.39 is 23.7 Å². The van der Waals surface area contributed by atoms with Gasteiger partial charge >= 0.3 is 5.97 Å². The number of nitrogens with one attached hydrogen (secondary N) is 1. The molecule has 1 aromatic carbocycles. The highest BCUT2D eigenvalue weighted by molar-refractivity contribution is 5.73. The molecule has 1 unspecified atom stereocenters. The van der Waals surface area contributed by atoms with Crippen LogP contribution in [0, 0.1) is 11.6 Å². The molecule has 6 heteroatoms. The lowest BCUT2D eigenvalue weighted by molar-refractivity contribution is -0.144. The van der Waals surface area contributed by atoms with Crippen LogP contribution in [-0.4, -0.2) is 29.8 Å². The number of carbonyl (C=O) groups is 1. The van der Waals surface area contributed by atoms with Crippen molar-refractivity contribution < 1.29 is 23.4 Å². The molecule has 0 radical (unpaired) electrons. The lowest BCUT2D eigenvalue weighted by Gasteiger charge is -2.16. The van der Waals surface area contributed by atoms with Crippen molar-refractivity contribution >= 4 is 5.97 Å². The molecular weight excluding hydrogens is 244 g/mol. The molecule has 18 heavy (non-hydrogen) atoms. The van der Waals surface area contributed by atoms with Gasteiger partial charge < -0.3 is 15.2 Å². The molecule has 0 amide bonds. The van der Waals surface area contributed by atoms with Crippen molar-refractivity contribution in [3.63, 3.8) is 0 Å². The summed E-state index contributed by atoms with van der Waals surface area (Å²) in [7, 11) is 0. The molecule has 0 heterocycles. The summed E-state index contributed by atoms with van der Waals surface area (Å²) in [5.41, 5.74) is 0. The Morgan fingerprint density at radius 3 is 2.78 bits per heavy atom. The van der Waals surface area contributed by atoms with Gasteiger partial charge in [-0.15, -0.1) is 0 Å². The predicted molar refractivity (Wildman–Crippen MR) is 59.4 cm³/mol. The van der Waals surface area contributed by atoms with Gasteiger partial charge in [0.2, 0.25) is 6.10 Å². The Morgan fingerprint density at radius 2 is 2.22 bits per heavy atom. The number of halogens is 2. The van der Waals surface area contributed by atoms with Crippen LogP contribution in [0.15, 0.2) is 18.2 Å². The maximum atomic E-state index is 13.3. The Kier molecular flexibility index (Phi) is 3.76. The van der Waals surface area contributed by atoms with Crippen LogP contribution >= 0.6 is 0 Å². The van der Waals surface area contributed by atoms with Gasteiger partial charge in [0, 0.05) is 18.7 Å². The fraction of sp³-hybridized carbons (Fsp3) is 0.417. The molecule has 4 nitrogen and oxygen atoms in total. The maximum absolute atomic E-state index is 13.3. The molecule has 1 atom stereocenters.